The number of hydrogen-bond donors (Lipinski definition) is 1. The smallest absolute Gasteiger partial charge is 0.236 e. The van der Waals surface area contributed by atoms with Gasteiger partial charge in [0.25, 0.3) is 0 Å². The summed E-state index contributed by atoms with van der Waals surface area (Å²) in [5.41, 5.74) is 0. The molecule has 1 N–H and O–H groups in total. The Morgan fingerprint density at radius 3 is 3.00 bits per heavy atom. The molecule has 6 heteroatoms. The quantitative estimate of drug-likeness (QED) is 0.768. The molecule has 17 heavy (non-hydrogen) atoms. The molecule has 2 atom stereocenters. The Balaban J connectivity index is 2.06. The van der Waals surface area contributed by atoms with Crippen LogP contribution in [0.5, 0.6) is 0 Å². The van der Waals surface area contributed by atoms with Crippen molar-refractivity contribution >= 4 is 5.91 Å². The number of carbonyl (C=O) groups excluding carboxylic acids is 1. The highest BCUT2D eigenvalue weighted by Gasteiger charge is 2.35. The molecule has 0 unspecified atom stereocenters. The van der Waals surface area contributed by atoms with Crippen molar-refractivity contribution in [3.8, 4) is 0 Å². The number of ether oxygens (including phenoxy) is 1. The highest BCUT2D eigenvalue weighted by molar-refractivity contribution is 5.78. The first-order chi connectivity index (χ1) is 8.26. The lowest BCUT2D eigenvalue weighted by molar-refractivity contribution is -0.129. The number of likely N-dealkylation sites (tertiary alicyclic amines) is 1. The monoisotopic (exact) mass is 238 g/mol. The van der Waals surface area contributed by atoms with Crippen molar-refractivity contribution in [3.63, 3.8) is 0 Å². The van der Waals surface area contributed by atoms with Crippen LogP contribution in [0.15, 0.2) is 18.7 Å². The standard InChI is InChI=1S/C11H18N4O2/c1-12-5-11(16)15-6-9(10(7-15)17-2)14-4-3-13-8-14/h3-4,8-10,12H,5-7H2,1-2H3/t9-,10-/m0/s1. The third-order valence-corrected chi connectivity index (χ3v) is 3.13. The van der Waals surface area contributed by atoms with Crippen LogP contribution in [0.2, 0.25) is 0 Å². The molecule has 1 fully saturated rings. The number of rotatable bonds is 4. The molecule has 94 valence electrons. The molecule has 0 radical (unpaired) electrons. The highest BCUT2D eigenvalue weighted by atomic mass is 16.5. The molecule has 2 heterocycles. The van der Waals surface area contributed by atoms with Crippen LogP contribution in [-0.2, 0) is 9.53 Å². The molecule has 1 aromatic rings. The summed E-state index contributed by atoms with van der Waals surface area (Å²) in [5.74, 6) is 0.108. The Hall–Kier alpha value is -1.40. The van der Waals surface area contributed by atoms with Gasteiger partial charge in [-0.3, -0.25) is 4.79 Å². The van der Waals surface area contributed by atoms with Gasteiger partial charge in [0, 0.05) is 32.6 Å². The topological polar surface area (TPSA) is 59.4 Å². The second kappa shape index (κ2) is 5.29. The number of aromatic nitrogens is 2. The minimum Gasteiger partial charge on any atom is -0.377 e. The van der Waals surface area contributed by atoms with Gasteiger partial charge >= 0.3 is 0 Å². The number of carbonyl (C=O) groups is 1. The Morgan fingerprint density at radius 1 is 1.59 bits per heavy atom. The van der Waals surface area contributed by atoms with Gasteiger partial charge in [0.2, 0.25) is 5.91 Å². The fourth-order valence-corrected chi connectivity index (χ4v) is 2.21. The van der Waals surface area contributed by atoms with Crippen LogP contribution in [0.3, 0.4) is 0 Å². The molecule has 6 nitrogen and oxygen atoms in total. The lowest BCUT2D eigenvalue weighted by atomic mass is 10.2. The summed E-state index contributed by atoms with van der Waals surface area (Å²) in [5, 5.41) is 2.88. The van der Waals surface area contributed by atoms with E-state index < -0.39 is 0 Å². The summed E-state index contributed by atoms with van der Waals surface area (Å²) in [6, 6.07) is 0.156. The molecule has 1 saturated heterocycles. The number of amides is 1. The molecule has 0 aliphatic carbocycles. The molecule has 0 spiro atoms. The molecule has 1 aliphatic rings. The van der Waals surface area contributed by atoms with Crippen molar-refractivity contribution in [1.29, 1.82) is 0 Å². The van der Waals surface area contributed by atoms with Crippen LogP contribution in [0, 0.1) is 0 Å². The predicted octanol–water partition coefficient (Wildman–Crippen LogP) is -0.499. The van der Waals surface area contributed by atoms with Crippen molar-refractivity contribution in [3.05, 3.63) is 18.7 Å². The number of imidazole rings is 1. The van der Waals surface area contributed by atoms with E-state index in [1.165, 1.54) is 0 Å². The minimum absolute atomic E-state index is 0.0324. The summed E-state index contributed by atoms with van der Waals surface area (Å²) in [7, 11) is 3.45. The summed E-state index contributed by atoms with van der Waals surface area (Å²) >= 11 is 0. The summed E-state index contributed by atoms with van der Waals surface area (Å²) in [6.45, 7) is 1.68. The lowest BCUT2D eigenvalue weighted by Gasteiger charge is -2.17. The van der Waals surface area contributed by atoms with E-state index in [-0.39, 0.29) is 18.1 Å². The van der Waals surface area contributed by atoms with Crippen LogP contribution in [0.4, 0.5) is 0 Å². The SMILES string of the molecule is CNCC(=O)N1C[C@H](OC)[C@@H](n2ccnc2)C1. The van der Waals surface area contributed by atoms with Gasteiger partial charge in [-0.15, -0.1) is 0 Å². The molecular weight excluding hydrogens is 220 g/mol. The fraction of sp³-hybridized carbons (Fsp3) is 0.636. The van der Waals surface area contributed by atoms with E-state index in [2.05, 4.69) is 10.3 Å². The lowest BCUT2D eigenvalue weighted by Crippen LogP contribution is -2.36. The second-order valence-corrected chi connectivity index (χ2v) is 4.18. The third-order valence-electron chi connectivity index (χ3n) is 3.13. The van der Waals surface area contributed by atoms with Gasteiger partial charge in [0.1, 0.15) is 0 Å². The van der Waals surface area contributed by atoms with E-state index in [0.717, 1.165) is 0 Å². The number of methoxy groups -OCH3 is 1. The summed E-state index contributed by atoms with van der Waals surface area (Å²) < 4.78 is 7.44. The number of hydrogen-bond acceptors (Lipinski definition) is 4. The van der Waals surface area contributed by atoms with E-state index in [1.807, 2.05) is 15.7 Å². The normalized spacial score (nSPS) is 24.2. The Kier molecular flexibility index (Phi) is 3.75. The van der Waals surface area contributed by atoms with E-state index in [1.54, 1.807) is 26.7 Å². The number of likely N-dealkylation sites (N-methyl/N-ethyl adjacent to an activating group) is 1. The molecule has 1 aliphatic heterocycles. The first-order valence-corrected chi connectivity index (χ1v) is 5.69. The predicted molar refractivity (Wildman–Crippen MR) is 62.6 cm³/mol. The Bertz CT molecular complexity index is 366. The number of nitrogens with one attached hydrogen (secondary N) is 1. The summed E-state index contributed by atoms with van der Waals surface area (Å²) in [6.07, 6.45) is 5.45. The Morgan fingerprint density at radius 2 is 2.41 bits per heavy atom. The average molecular weight is 238 g/mol. The maximum Gasteiger partial charge on any atom is 0.236 e. The van der Waals surface area contributed by atoms with Gasteiger partial charge in [-0.2, -0.15) is 0 Å². The third kappa shape index (κ3) is 2.48. The first kappa shape index (κ1) is 12.1. The first-order valence-electron chi connectivity index (χ1n) is 5.69. The molecule has 0 aromatic carbocycles. The van der Waals surface area contributed by atoms with Gasteiger partial charge in [-0.1, -0.05) is 0 Å². The molecule has 1 aromatic heterocycles. The van der Waals surface area contributed by atoms with Crippen molar-refractivity contribution in [1.82, 2.24) is 19.8 Å². The van der Waals surface area contributed by atoms with Crippen LogP contribution >= 0.6 is 0 Å². The van der Waals surface area contributed by atoms with Gasteiger partial charge in [-0.25, -0.2) is 4.98 Å². The van der Waals surface area contributed by atoms with Crippen molar-refractivity contribution in [2.75, 3.05) is 33.8 Å². The maximum absolute atomic E-state index is 11.8. The second-order valence-electron chi connectivity index (χ2n) is 4.18. The molecular formula is C11H18N4O2. The minimum atomic E-state index is 0.0324. The maximum atomic E-state index is 11.8. The summed E-state index contributed by atoms with van der Waals surface area (Å²) in [4.78, 5) is 17.7. The van der Waals surface area contributed by atoms with E-state index in [0.29, 0.717) is 19.6 Å². The van der Waals surface area contributed by atoms with Crippen molar-refractivity contribution in [2.24, 2.45) is 0 Å². The van der Waals surface area contributed by atoms with Crippen LogP contribution in [0.1, 0.15) is 6.04 Å². The van der Waals surface area contributed by atoms with E-state index in [9.17, 15) is 4.79 Å². The zero-order chi connectivity index (χ0) is 12.3. The zero-order valence-electron chi connectivity index (χ0n) is 10.2. The molecule has 1 amide bonds. The van der Waals surface area contributed by atoms with Crippen LogP contribution in [-0.4, -0.2) is 60.3 Å². The van der Waals surface area contributed by atoms with Crippen molar-refractivity contribution < 1.29 is 9.53 Å². The highest BCUT2D eigenvalue weighted by Crippen LogP contribution is 2.24. The Labute approximate surface area is 101 Å². The van der Waals surface area contributed by atoms with Crippen molar-refractivity contribution in [2.45, 2.75) is 12.1 Å². The largest absolute Gasteiger partial charge is 0.377 e. The van der Waals surface area contributed by atoms with Gasteiger partial charge < -0.3 is 19.5 Å². The molecule has 0 saturated carbocycles. The molecule has 2 rings (SSSR count). The average Bonchev–Trinajstić information content (AvgIpc) is 2.97. The fourth-order valence-electron chi connectivity index (χ4n) is 2.21. The van der Waals surface area contributed by atoms with Gasteiger partial charge in [0.05, 0.1) is 25.0 Å². The van der Waals surface area contributed by atoms with E-state index >= 15 is 0 Å². The number of nitrogens with zero attached hydrogens (tertiary/aromatic N) is 3. The zero-order valence-corrected chi connectivity index (χ0v) is 10.2. The molecule has 0 bridgehead atoms. The van der Waals surface area contributed by atoms with E-state index in [4.69, 9.17) is 4.74 Å². The van der Waals surface area contributed by atoms with Crippen LogP contribution < -0.4 is 5.32 Å². The van der Waals surface area contributed by atoms with Crippen LogP contribution in [0.25, 0.3) is 0 Å². The van der Waals surface area contributed by atoms with Gasteiger partial charge in [-0.05, 0) is 7.05 Å². The van der Waals surface area contributed by atoms with Gasteiger partial charge in [0.15, 0.2) is 0 Å².